The zero-order valence-corrected chi connectivity index (χ0v) is 21.2. The summed E-state index contributed by atoms with van der Waals surface area (Å²) in [6, 6.07) is 19.9. The van der Waals surface area contributed by atoms with Crippen molar-refractivity contribution in [2.75, 3.05) is 54.8 Å². The van der Waals surface area contributed by atoms with E-state index in [2.05, 4.69) is 49.6 Å². The molecule has 0 atom stereocenters. The third-order valence-corrected chi connectivity index (χ3v) is 6.07. The molecule has 1 fully saturated rings. The minimum Gasteiger partial charge on any atom is -0.354 e. The molecule has 2 amide bonds. The predicted molar refractivity (Wildman–Crippen MR) is 144 cm³/mol. The molecular weight excluding hydrogens is 452 g/mol. The summed E-state index contributed by atoms with van der Waals surface area (Å²) in [7, 11) is 0. The molecule has 3 N–H and O–H groups in total. The van der Waals surface area contributed by atoms with Gasteiger partial charge in [0.15, 0.2) is 0 Å². The smallest absolute Gasteiger partial charge is 0.318 e. The number of hydrogen-bond donors (Lipinski definition) is 3. The van der Waals surface area contributed by atoms with Crippen molar-refractivity contribution in [3.8, 4) is 0 Å². The van der Waals surface area contributed by atoms with Gasteiger partial charge in [0.1, 0.15) is 0 Å². The van der Waals surface area contributed by atoms with E-state index >= 15 is 0 Å². The van der Waals surface area contributed by atoms with Crippen LogP contribution in [0.15, 0.2) is 60.7 Å². The van der Waals surface area contributed by atoms with Crippen molar-refractivity contribution in [2.24, 2.45) is 0 Å². The first kappa shape index (κ1) is 25.2. The van der Waals surface area contributed by atoms with Gasteiger partial charge in [-0.2, -0.15) is 15.0 Å². The van der Waals surface area contributed by atoms with Crippen molar-refractivity contribution in [3.63, 3.8) is 0 Å². The molecule has 36 heavy (non-hydrogen) atoms. The number of benzene rings is 2. The third-order valence-electron chi connectivity index (χ3n) is 6.07. The summed E-state index contributed by atoms with van der Waals surface area (Å²) < 4.78 is 0. The number of urea groups is 1. The average molecular weight is 489 g/mol. The van der Waals surface area contributed by atoms with E-state index < -0.39 is 0 Å². The first-order chi connectivity index (χ1) is 17.7. The Kier molecular flexibility index (Phi) is 8.91. The Labute approximate surface area is 213 Å². The van der Waals surface area contributed by atoms with Gasteiger partial charge < -0.3 is 25.8 Å². The predicted octanol–water partition coefficient (Wildman–Crippen LogP) is 4.14. The highest BCUT2D eigenvalue weighted by Gasteiger charge is 2.26. The SMILES string of the molecule is CCCNc1nc(NCCC)nc(N2CCN(C(=O)NC(c3ccccc3)c3ccccc3)CC2)n1. The Hall–Kier alpha value is -3.88. The molecule has 9 nitrogen and oxygen atoms in total. The van der Waals surface area contributed by atoms with Crippen LogP contribution in [0.2, 0.25) is 0 Å². The molecule has 3 aromatic rings. The number of rotatable bonds is 10. The lowest BCUT2D eigenvalue weighted by atomic mass is 9.99. The van der Waals surface area contributed by atoms with Gasteiger partial charge >= 0.3 is 6.03 Å². The van der Waals surface area contributed by atoms with Crippen LogP contribution in [-0.4, -0.2) is 65.2 Å². The van der Waals surface area contributed by atoms with Gasteiger partial charge in [0.05, 0.1) is 6.04 Å². The van der Waals surface area contributed by atoms with Crippen molar-refractivity contribution >= 4 is 23.9 Å². The highest BCUT2D eigenvalue weighted by molar-refractivity contribution is 5.75. The summed E-state index contributed by atoms with van der Waals surface area (Å²) in [5.74, 6) is 1.79. The molecule has 0 bridgehead atoms. The van der Waals surface area contributed by atoms with Crippen molar-refractivity contribution in [1.29, 1.82) is 0 Å². The largest absolute Gasteiger partial charge is 0.354 e. The van der Waals surface area contributed by atoms with Crippen LogP contribution in [0.4, 0.5) is 22.6 Å². The molecular formula is C27H36N8O. The van der Waals surface area contributed by atoms with Gasteiger partial charge in [-0.25, -0.2) is 4.79 Å². The van der Waals surface area contributed by atoms with Gasteiger partial charge in [0.2, 0.25) is 17.8 Å². The number of anilines is 3. The van der Waals surface area contributed by atoms with Gasteiger partial charge in [-0.3, -0.25) is 0 Å². The van der Waals surface area contributed by atoms with Crippen LogP contribution < -0.4 is 20.9 Å². The summed E-state index contributed by atoms with van der Waals surface area (Å²) in [6.07, 6.45) is 1.97. The number of aromatic nitrogens is 3. The van der Waals surface area contributed by atoms with Crippen LogP contribution in [0.25, 0.3) is 0 Å². The highest BCUT2D eigenvalue weighted by atomic mass is 16.2. The Bertz CT molecular complexity index is 1020. The Morgan fingerprint density at radius 2 is 1.28 bits per heavy atom. The second kappa shape index (κ2) is 12.7. The topological polar surface area (TPSA) is 98.3 Å². The van der Waals surface area contributed by atoms with Crippen molar-refractivity contribution < 1.29 is 4.79 Å². The number of carbonyl (C=O) groups excluding carboxylic acids is 1. The number of nitrogens with zero attached hydrogens (tertiary/aromatic N) is 5. The first-order valence-corrected chi connectivity index (χ1v) is 12.8. The van der Waals surface area contributed by atoms with Crippen LogP contribution in [0.3, 0.4) is 0 Å². The number of nitrogens with one attached hydrogen (secondary N) is 3. The quantitative estimate of drug-likeness (QED) is 0.395. The summed E-state index contributed by atoms with van der Waals surface area (Å²) in [5, 5.41) is 9.78. The summed E-state index contributed by atoms with van der Waals surface area (Å²) >= 11 is 0. The standard InChI is InChI=1S/C27H36N8O/c1-3-15-28-24-31-25(29-16-4-2)33-26(32-24)34-17-19-35(20-18-34)27(36)30-23(21-11-7-5-8-12-21)22-13-9-6-10-14-22/h5-14,23H,3-4,15-20H2,1-2H3,(H,30,36)(H2,28,29,31,32,33). The molecule has 0 saturated carbocycles. The highest BCUT2D eigenvalue weighted by Crippen LogP contribution is 2.23. The van der Waals surface area contributed by atoms with E-state index in [1.54, 1.807) is 0 Å². The van der Waals surface area contributed by atoms with Gasteiger partial charge in [0.25, 0.3) is 0 Å². The van der Waals surface area contributed by atoms with Crippen LogP contribution in [-0.2, 0) is 0 Å². The third kappa shape index (κ3) is 6.62. The lowest BCUT2D eigenvalue weighted by molar-refractivity contribution is 0.191. The summed E-state index contributed by atoms with van der Waals surface area (Å²) in [5.41, 5.74) is 2.11. The molecule has 2 aromatic carbocycles. The number of piperazine rings is 1. The fraction of sp³-hybridized carbons (Fsp3) is 0.407. The van der Waals surface area contributed by atoms with Crippen LogP contribution in [0.5, 0.6) is 0 Å². The minimum atomic E-state index is -0.208. The Balaban J connectivity index is 1.42. The average Bonchev–Trinajstić information content (AvgIpc) is 2.94. The van der Waals surface area contributed by atoms with E-state index in [-0.39, 0.29) is 12.1 Å². The van der Waals surface area contributed by atoms with E-state index in [4.69, 9.17) is 0 Å². The molecule has 2 heterocycles. The molecule has 1 saturated heterocycles. The fourth-order valence-corrected chi connectivity index (χ4v) is 4.11. The molecule has 0 spiro atoms. The number of amides is 2. The van der Waals surface area contributed by atoms with Crippen molar-refractivity contribution in [3.05, 3.63) is 71.8 Å². The van der Waals surface area contributed by atoms with Crippen molar-refractivity contribution in [2.45, 2.75) is 32.7 Å². The maximum atomic E-state index is 13.3. The van der Waals surface area contributed by atoms with Crippen molar-refractivity contribution in [1.82, 2.24) is 25.2 Å². The van der Waals surface area contributed by atoms with E-state index in [0.29, 0.717) is 44.0 Å². The lowest BCUT2D eigenvalue weighted by Gasteiger charge is -2.35. The molecule has 0 unspecified atom stereocenters. The van der Waals surface area contributed by atoms with Crippen LogP contribution >= 0.6 is 0 Å². The molecule has 4 rings (SSSR count). The van der Waals surface area contributed by atoms with Crippen LogP contribution in [0, 0.1) is 0 Å². The fourth-order valence-electron chi connectivity index (χ4n) is 4.11. The van der Waals surface area contributed by atoms with Crippen LogP contribution in [0.1, 0.15) is 43.9 Å². The molecule has 1 aromatic heterocycles. The number of carbonyl (C=O) groups is 1. The number of hydrogen-bond acceptors (Lipinski definition) is 7. The minimum absolute atomic E-state index is 0.0707. The zero-order chi connectivity index (χ0) is 25.2. The molecule has 190 valence electrons. The summed E-state index contributed by atoms with van der Waals surface area (Å²) in [6.45, 7) is 8.29. The molecule has 9 heteroatoms. The van der Waals surface area contributed by atoms with E-state index in [1.165, 1.54) is 0 Å². The Morgan fingerprint density at radius 3 is 1.75 bits per heavy atom. The van der Waals surface area contributed by atoms with Gasteiger partial charge in [-0.15, -0.1) is 0 Å². The summed E-state index contributed by atoms with van der Waals surface area (Å²) in [4.78, 5) is 31.0. The molecule has 0 radical (unpaired) electrons. The van der Waals surface area contributed by atoms with Gasteiger partial charge in [-0.1, -0.05) is 74.5 Å². The van der Waals surface area contributed by atoms with E-state index in [9.17, 15) is 4.79 Å². The lowest BCUT2D eigenvalue weighted by Crippen LogP contribution is -2.52. The normalized spacial score (nSPS) is 13.5. The van der Waals surface area contributed by atoms with E-state index in [1.807, 2.05) is 65.6 Å². The monoisotopic (exact) mass is 488 g/mol. The first-order valence-electron chi connectivity index (χ1n) is 12.8. The van der Waals surface area contributed by atoms with E-state index in [0.717, 1.165) is 37.1 Å². The molecule has 1 aliphatic heterocycles. The second-order valence-electron chi connectivity index (χ2n) is 8.81. The zero-order valence-electron chi connectivity index (χ0n) is 21.2. The molecule has 1 aliphatic rings. The van der Waals surface area contributed by atoms with Gasteiger partial charge in [0, 0.05) is 39.3 Å². The maximum absolute atomic E-state index is 13.3. The Morgan fingerprint density at radius 1 is 0.778 bits per heavy atom. The van der Waals surface area contributed by atoms with Gasteiger partial charge in [-0.05, 0) is 24.0 Å². The second-order valence-corrected chi connectivity index (χ2v) is 8.81. The molecule has 0 aliphatic carbocycles. The maximum Gasteiger partial charge on any atom is 0.318 e.